The molecule has 0 spiro atoms. The van der Waals surface area contributed by atoms with E-state index >= 15 is 0 Å². The molecule has 90 valence electrons. The molecular formula is C12H21N3S. The molecule has 16 heavy (non-hydrogen) atoms. The molecule has 3 nitrogen and oxygen atoms in total. The summed E-state index contributed by atoms with van der Waals surface area (Å²) in [6, 6.07) is 0.651. The molecular weight excluding hydrogens is 218 g/mol. The van der Waals surface area contributed by atoms with Crippen LogP contribution in [0.1, 0.15) is 26.7 Å². The molecule has 0 amide bonds. The van der Waals surface area contributed by atoms with E-state index in [1.165, 1.54) is 30.0 Å². The summed E-state index contributed by atoms with van der Waals surface area (Å²) in [6.07, 6.45) is 6.63. The smallest absolute Gasteiger partial charge is 0.0728 e. The fraction of sp³-hybridized carbons (Fsp3) is 0.750. The van der Waals surface area contributed by atoms with Crippen LogP contribution in [0.3, 0.4) is 0 Å². The molecule has 0 aromatic carbocycles. The van der Waals surface area contributed by atoms with Crippen molar-refractivity contribution in [3.8, 4) is 0 Å². The monoisotopic (exact) mass is 239 g/mol. The Morgan fingerprint density at radius 3 is 2.94 bits per heavy atom. The van der Waals surface area contributed by atoms with Gasteiger partial charge in [-0.3, -0.25) is 4.68 Å². The molecule has 4 heteroatoms. The highest BCUT2D eigenvalue weighted by Crippen LogP contribution is 2.20. The minimum Gasteiger partial charge on any atom is -0.380 e. The summed E-state index contributed by atoms with van der Waals surface area (Å²) in [5.41, 5.74) is 1.18. The Balaban J connectivity index is 1.86. The molecule has 0 bridgehead atoms. The zero-order chi connectivity index (χ0) is 11.4. The van der Waals surface area contributed by atoms with Gasteiger partial charge < -0.3 is 5.32 Å². The third-order valence-corrected chi connectivity index (χ3v) is 3.83. The lowest BCUT2D eigenvalue weighted by atomic mass is 10.1. The largest absolute Gasteiger partial charge is 0.380 e. The van der Waals surface area contributed by atoms with E-state index in [0.717, 1.165) is 6.54 Å². The maximum absolute atomic E-state index is 4.37. The van der Waals surface area contributed by atoms with Crippen molar-refractivity contribution in [2.75, 3.05) is 16.8 Å². The average molecular weight is 239 g/mol. The first-order valence-electron chi connectivity index (χ1n) is 6.11. The number of anilines is 1. The zero-order valence-corrected chi connectivity index (χ0v) is 11.0. The second-order valence-electron chi connectivity index (χ2n) is 4.88. The van der Waals surface area contributed by atoms with Crippen molar-refractivity contribution >= 4 is 17.4 Å². The minimum absolute atomic E-state index is 0.651. The molecule has 0 aliphatic carbocycles. The van der Waals surface area contributed by atoms with Crippen molar-refractivity contribution in [2.24, 2.45) is 5.92 Å². The van der Waals surface area contributed by atoms with Gasteiger partial charge in [0, 0.05) is 18.8 Å². The predicted octanol–water partition coefficient (Wildman–Crippen LogP) is 2.85. The number of thioether (sulfide) groups is 1. The summed E-state index contributed by atoms with van der Waals surface area (Å²) in [6.45, 7) is 5.43. The zero-order valence-electron chi connectivity index (χ0n) is 10.1. The van der Waals surface area contributed by atoms with E-state index in [9.17, 15) is 0 Å². The molecule has 1 fully saturated rings. The predicted molar refractivity (Wildman–Crippen MR) is 71.0 cm³/mol. The van der Waals surface area contributed by atoms with Crippen LogP contribution < -0.4 is 5.32 Å². The molecule has 1 saturated heterocycles. The normalized spacial score (nSPS) is 17.9. The number of hydrogen-bond acceptors (Lipinski definition) is 3. The van der Waals surface area contributed by atoms with Gasteiger partial charge in [-0.25, -0.2) is 0 Å². The van der Waals surface area contributed by atoms with Gasteiger partial charge in [0.05, 0.1) is 11.9 Å². The second-order valence-corrected chi connectivity index (χ2v) is 6.10. The van der Waals surface area contributed by atoms with Crippen molar-refractivity contribution in [3.63, 3.8) is 0 Å². The van der Waals surface area contributed by atoms with Crippen LogP contribution in [-0.4, -0.2) is 27.3 Å². The van der Waals surface area contributed by atoms with E-state index in [4.69, 9.17) is 0 Å². The summed E-state index contributed by atoms with van der Waals surface area (Å²) < 4.78 is 2.03. The summed E-state index contributed by atoms with van der Waals surface area (Å²) in [5, 5.41) is 7.95. The molecule has 1 aliphatic rings. The van der Waals surface area contributed by atoms with E-state index in [1.807, 2.05) is 10.9 Å². The van der Waals surface area contributed by atoms with Gasteiger partial charge in [0.1, 0.15) is 0 Å². The fourth-order valence-electron chi connectivity index (χ4n) is 1.99. The highest BCUT2D eigenvalue weighted by atomic mass is 32.2. The van der Waals surface area contributed by atoms with Crippen LogP contribution in [0.2, 0.25) is 0 Å². The SMILES string of the molecule is CC(C)Cn1cc(NC2CCSCC2)cn1. The standard InChI is InChI=1S/C12H21N3S/c1-10(2)8-15-9-12(7-13-15)14-11-3-5-16-6-4-11/h7,9-11,14H,3-6,8H2,1-2H3. The molecule has 2 heterocycles. The lowest BCUT2D eigenvalue weighted by molar-refractivity contribution is 0.483. The Morgan fingerprint density at radius 1 is 1.50 bits per heavy atom. The molecule has 1 aromatic heterocycles. The Bertz CT molecular complexity index is 316. The Labute approximate surface area is 102 Å². The Hall–Kier alpha value is -0.640. The number of hydrogen-bond donors (Lipinski definition) is 1. The molecule has 1 aromatic rings. The van der Waals surface area contributed by atoms with E-state index in [1.54, 1.807) is 0 Å². The molecule has 0 unspecified atom stereocenters. The quantitative estimate of drug-likeness (QED) is 0.876. The first-order chi connectivity index (χ1) is 7.74. The second kappa shape index (κ2) is 5.62. The van der Waals surface area contributed by atoms with Crippen LogP contribution in [0.5, 0.6) is 0 Å². The van der Waals surface area contributed by atoms with E-state index in [-0.39, 0.29) is 0 Å². The van der Waals surface area contributed by atoms with Crippen LogP contribution in [-0.2, 0) is 6.54 Å². The van der Waals surface area contributed by atoms with Crippen molar-refractivity contribution in [1.82, 2.24) is 9.78 Å². The number of aromatic nitrogens is 2. The summed E-state index contributed by atoms with van der Waals surface area (Å²) in [4.78, 5) is 0. The fourth-order valence-corrected chi connectivity index (χ4v) is 3.10. The van der Waals surface area contributed by atoms with Crippen LogP contribution in [0.4, 0.5) is 5.69 Å². The highest BCUT2D eigenvalue weighted by Gasteiger charge is 2.13. The number of rotatable bonds is 4. The van der Waals surface area contributed by atoms with E-state index in [2.05, 4.69) is 42.2 Å². The van der Waals surface area contributed by atoms with Crippen molar-refractivity contribution < 1.29 is 0 Å². The molecule has 0 atom stereocenters. The van der Waals surface area contributed by atoms with Gasteiger partial charge in [0.2, 0.25) is 0 Å². The maximum atomic E-state index is 4.37. The van der Waals surface area contributed by atoms with Gasteiger partial charge in [-0.1, -0.05) is 13.8 Å². The van der Waals surface area contributed by atoms with Gasteiger partial charge in [-0.05, 0) is 30.3 Å². The van der Waals surface area contributed by atoms with E-state index in [0.29, 0.717) is 12.0 Å². The summed E-state index contributed by atoms with van der Waals surface area (Å²) >= 11 is 2.06. The lowest BCUT2D eigenvalue weighted by Crippen LogP contribution is -2.24. The molecule has 0 saturated carbocycles. The van der Waals surface area contributed by atoms with Crippen molar-refractivity contribution in [2.45, 2.75) is 39.3 Å². The van der Waals surface area contributed by atoms with Gasteiger partial charge >= 0.3 is 0 Å². The molecule has 0 radical (unpaired) electrons. The number of nitrogens with one attached hydrogen (secondary N) is 1. The van der Waals surface area contributed by atoms with Gasteiger partial charge in [0.25, 0.3) is 0 Å². The van der Waals surface area contributed by atoms with Crippen LogP contribution in [0.25, 0.3) is 0 Å². The summed E-state index contributed by atoms with van der Waals surface area (Å²) in [5.74, 6) is 3.23. The van der Waals surface area contributed by atoms with Crippen molar-refractivity contribution in [1.29, 1.82) is 0 Å². The topological polar surface area (TPSA) is 29.9 Å². The van der Waals surface area contributed by atoms with Gasteiger partial charge in [0.15, 0.2) is 0 Å². The Kier molecular flexibility index (Phi) is 4.16. The number of nitrogens with zero attached hydrogens (tertiary/aromatic N) is 2. The third kappa shape index (κ3) is 3.44. The molecule has 2 rings (SSSR count). The average Bonchev–Trinajstić information content (AvgIpc) is 2.66. The van der Waals surface area contributed by atoms with Crippen LogP contribution in [0.15, 0.2) is 12.4 Å². The first-order valence-corrected chi connectivity index (χ1v) is 7.26. The Morgan fingerprint density at radius 2 is 2.25 bits per heavy atom. The first kappa shape index (κ1) is 11.8. The van der Waals surface area contributed by atoms with Crippen LogP contribution in [0, 0.1) is 5.92 Å². The minimum atomic E-state index is 0.651. The summed E-state index contributed by atoms with van der Waals surface area (Å²) in [7, 11) is 0. The van der Waals surface area contributed by atoms with Crippen molar-refractivity contribution in [3.05, 3.63) is 12.4 Å². The van der Waals surface area contributed by atoms with Gasteiger partial charge in [-0.2, -0.15) is 16.9 Å². The molecule has 1 aliphatic heterocycles. The van der Waals surface area contributed by atoms with Crippen LogP contribution >= 0.6 is 11.8 Å². The van der Waals surface area contributed by atoms with Gasteiger partial charge in [-0.15, -0.1) is 0 Å². The highest BCUT2D eigenvalue weighted by molar-refractivity contribution is 7.99. The maximum Gasteiger partial charge on any atom is 0.0728 e. The lowest BCUT2D eigenvalue weighted by Gasteiger charge is -2.22. The van der Waals surface area contributed by atoms with E-state index < -0.39 is 0 Å². The third-order valence-electron chi connectivity index (χ3n) is 2.78. The molecule has 1 N–H and O–H groups in total.